The zero-order valence-corrected chi connectivity index (χ0v) is 18.0. The number of fused-ring (bicyclic) bond motifs is 1. The smallest absolute Gasteiger partial charge is 0.249 e. The zero-order chi connectivity index (χ0) is 20.6. The maximum Gasteiger partial charge on any atom is 0.249 e. The molecule has 3 rings (SSSR count). The number of hydrogen-bond donors (Lipinski definition) is 1. The fraction of sp³-hybridized carbons (Fsp3) is 0.286. The van der Waals surface area contributed by atoms with Crippen LogP contribution in [0.25, 0.3) is 10.2 Å². The van der Waals surface area contributed by atoms with E-state index in [1.807, 2.05) is 53.1 Å². The van der Waals surface area contributed by atoms with Crippen LogP contribution in [0.4, 0.5) is 5.69 Å². The van der Waals surface area contributed by atoms with E-state index in [-0.39, 0.29) is 11.8 Å². The van der Waals surface area contributed by atoms with Gasteiger partial charge in [0.1, 0.15) is 0 Å². The molecule has 0 unspecified atom stereocenters. The summed E-state index contributed by atoms with van der Waals surface area (Å²) in [6, 6.07) is 15.7. The Bertz CT molecular complexity index is 1060. The first-order valence-corrected chi connectivity index (χ1v) is 11.0. The molecular formula is C21H23N3O3S2. The molecule has 0 saturated carbocycles. The molecular weight excluding hydrogens is 406 g/mol. The lowest BCUT2D eigenvalue weighted by Gasteiger charge is -2.05. The van der Waals surface area contributed by atoms with Gasteiger partial charge in [-0.25, -0.2) is 0 Å². The van der Waals surface area contributed by atoms with Crippen LogP contribution in [0.5, 0.6) is 0 Å². The molecule has 2 aromatic carbocycles. The quantitative estimate of drug-likeness (QED) is 0.551. The molecule has 2 amide bonds. The number of thioether (sulfide) groups is 1. The molecule has 0 aliphatic rings. The van der Waals surface area contributed by atoms with Crippen molar-refractivity contribution < 1.29 is 14.3 Å². The minimum absolute atomic E-state index is 0.121. The Hall–Kier alpha value is -2.42. The molecule has 1 heterocycles. The summed E-state index contributed by atoms with van der Waals surface area (Å²) in [4.78, 5) is 29.9. The van der Waals surface area contributed by atoms with E-state index >= 15 is 0 Å². The third-order valence-electron chi connectivity index (χ3n) is 4.07. The SMILES string of the molecule is COCCn1c(=NC(=O)CCSc2ccccc2)sc2cc(NC(C)=O)ccc21. The van der Waals surface area contributed by atoms with Crippen molar-refractivity contribution in [3.05, 3.63) is 53.3 Å². The van der Waals surface area contributed by atoms with Crippen LogP contribution in [0, 0.1) is 0 Å². The number of nitrogens with one attached hydrogen (secondary N) is 1. The molecule has 6 nitrogen and oxygen atoms in total. The molecule has 0 bridgehead atoms. The average molecular weight is 430 g/mol. The molecule has 8 heteroatoms. The molecule has 0 saturated heterocycles. The Morgan fingerprint density at radius 3 is 2.72 bits per heavy atom. The first-order chi connectivity index (χ1) is 14.1. The van der Waals surface area contributed by atoms with Crippen molar-refractivity contribution in [2.24, 2.45) is 4.99 Å². The van der Waals surface area contributed by atoms with Crippen molar-refractivity contribution in [1.29, 1.82) is 0 Å². The lowest BCUT2D eigenvalue weighted by Crippen LogP contribution is -2.19. The van der Waals surface area contributed by atoms with Gasteiger partial charge in [-0.1, -0.05) is 29.5 Å². The van der Waals surface area contributed by atoms with Crippen LogP contribution in [0.3, 0.4) is 0 Å². The third kappa shape index (κ3) is 6.03. The highest BCUT2D eigenvalue weighted by Gasteiger charge is 2.09. The number of anilines is 1. The van der Waals surface area contributed by atoms with Crippen LogP contribution in [0.2, 0.25) is 0 Å². The molecule has 152 valence electrons. The molecule has 0 radical (unpaired) electrons. The lowest BCUT2D eigenvalue weighted by molar-refractivity contribution is -0.117. The third-order valence-corrected chi connectivity index (χ3v) is 6.13. The average Bonchev–Trinajstić information content (AvgIpc) is 3.02. The van der Waals surface area contributed by atoms with Gasteiger partial charge < -0.3 is 14.6 Å². The molecule has 1 aromatic heterocycles. The lowest BCUT2D eigenvalue weighted by atomic mass is 10.3. The Labute approximate surface area is 177 Å². The summed E-state index contributed by atoms with van der Waals surface area (Å²) in [6.07, 6.45) is 0.370. The van der Waals surface area contributed by atoms with Gasteiger partial charge in [0.25, 0.3) is 0 Å². The maximum absolute atomic E-state index is 12.4. The topological polar surface area (TPSA) is 72.7 Å². The van der Waals surface area contributed by atoms with Gasteiger partial charge in [-0.2, -0.15) is 4.99 Å². The number of amides is 2. The van der Waals surface area contributed by atoms with Crippen molar-refractivity contribution in [2.75, 3.05) is 24.8 Å². The van der Waals surface area contributed by atoms with Gasteiger partial charge in [-0.3, -0.25) is 9.59 Å². The predicted octanol–water partition coefficient (Wildman–Crippen LogP) is 3.92. The van der Waals surface area contributed by atoms with Gasteiger partial charge >= 0.3 is 0 Å². The van der Waals surface area contributed by atoms with Gasteiger partial charge in [0.15, 0.2) is 4.80 Å². The summed E-state index contributed by atoms with van der Waals surface area (Å²) >= 11 is 3.08. The van der Waals surface area contributed by atoms with E-state index in [2.05, 4.69) is 10.3 Å². The van der Waals surface area contributed by atoms with Gasteiger partial charge in [-0.15, -0.1) is 11.8 Å². The highest BCUT2D eigenvalue weighted by Crippen LogP contribution is 2.22. The predicted molar refractivity (Wildman–Crippen MR) is 118 cm³/mol. The van der Waals surface area contributed by atoms with Crippen molar-refractivity contribution in [3.63, 3.8) is 0 Å². The summed E-state index contributed by atoms with van der Waals surface area (Å²) in [5.74, 6) is 0.416. The number of carbonyl (C=O) groups is 2. The number of carbonyl (C=O) groups excluding carboxylic acids is 2. The van der Waals surface area contributed by atoms with Crippen LogP contribution < -0.4 is 10.1 Å². The van der Waals surface area contributed by atoms with E-state index in [4.69, 9.17) is 4.74 Å². The zero-order valence-electron chi connectivity index (χ0n) is 16.4. The number of benzene rings is 2. The first kappa shape index (κ1) is 21.3. The molecule has 0 atom stereocenters. The highest BCUT2D eigenvalue weighted by atomic mass is 32.2. The second kappa shape index (κ2) is 10.4. The van der Waals surface area contributed by atoms with Crippen LogP contribution in [-0.4, -0.2) is 35.9 Å². The van der Waals surface area contributed by atoms with E-state index in [0.717, 1.165) is 20.8 Å². The van der Waals surface area contributed by atoms with E-state index in [1.165, 1.54) is 18.3 Å². The second-order valence-electron chi connectivity index (χ2n) is 6.31. The van der Waals surface area contributed by atoms with Crippen LogP contribution in [-0.2, 0) is 20.9 Å². The normalized spacial score (nSPS) is 11.7. The van der Waals surface area contributed by atoms with Crippen molar-refractivity contribution >= 4 is 50.8 Å². The number of aromatic nitrogens is 1. The number of nitrogens with zero attached hydrogens (tertiary/aromatic N) is 2. The van der Waals surface area contributed by atoms with E-state index in [1.54, 1.807) is 18.9 Å². The highest BCUT2D eigenvalue weighted by molar-refractivity contribution is 7.99. The molecule has 0 aliphatic carbocycles. The number of methoxy groups -OCH3 is 1. The Morgan fingerprint density at radius 2 is 2.00 bits per heavy atom. The van der Waals surface area contributed by atoms with E-state index in [9.17, 15) is 9.59 Å². The number of rotatable bonds is 8. The Kier molecular flexibility index (Phi) is 7.62. The van der Waals surface area contributed by atoms with Crippen molar-refractivity contribution in [1.82, 2.24) is 4.57 Å². The van der Waals surface area contributed by atoms with Crippen molar-refractivity contribution in [3.8, 4) is 0 Å². The standard InChI is InChI=1S/C21H23N3O3S2/c1-15(25)22-16-8-9-18-19(14-16)29-21(24(18)11-12-27-2)23-20(26)10-13-28-17-6-4-3-5-7-17/h3-9,14H,10-13H2,1-2H3,(H,22,25). The largest absolute Gasteiger partial charge is 0.383 e. The Balaban J connectivity index is 1.81. The number of ether oxygens (including phenoxy) is 1. The summed E-state index contributed by atoms with van der Waals surface area (Å²) in [7, 11) is 1.65. The molecule has 0 spiro atoms. The Morgan fingerprint density at radius 1 is 1.21 bits per heavy atom. The van der Waals surface area contributed by atoms with Crippen LogP contribution in [0.15, 0.2) is 58.4 Å². The molecule has 1 N–H and O–H groups in total. The monoisotopic (exact) mass is 429 g/mol. The molecule has 0 aliphatic heterocycles. The maximum atomic E-state index is 12.4. The summed E-state index contributed by atoms with van der Waals surface area (Å²) in [6.45, 7) is 2.59. The molecule has 29 heavy (non-hydrogen) atoms. The van der Waals surface area contributed by atoms with Gasteiger partial charge in [-0.05, 0) is 30.3 Å². The van der Waals surface area contributed by atoms with Gasteiger partial charge in [0, 0.05) is 43.3 Å². The fourth-order valence-electron chi connectivity index (χ4n) is 2.77. The van der Waals surface area contributed by atoms with E-state index < -0.39 is 0 Å². The molecule has 3 aromatic rings. The second-order valence-corrected chi connectivity index (χ2v) is 8.49. The van der Waals surface area contributed by atoms with Crippen LogP contribution >= 0.6 is 23.1 Å². The van der Waals surface area contributed by atoms with Gasteiger partial charge in [0.05, 0.1) is 16.8 Å². The summed E-state index contributed by atoms with van der Waals surface area (Å²) in [5.41, 5.74) is 1.69. The first-order valence-electron chi connectivity index (χ1n) is 9.22. The van der Waals surface area contributed by atoms with Crippen molar-refractivity contribution in [2.45, 2.75) is 24.8 Å². The minimum atomic E-state index is -0.145. The summed E-state index contributed by atoms with van der Waals surface area (Å²) in [5, 5.41) is 2.79. The fourth-order valence-corrected chi connectivity index (χ4v) is 4.75. The van der Waals surface area contributed by atoms with Crippen LogP contribution in [0.1, 0.15) is 13.3 Å². The van der Waals surface area contributed by atoms with E-state index in [0.29, 0.717) is 30.1 Å². The minimum Gasteiger partial charge on any atom is -0.383 e. The molecule has 0 fully saturated rings. The number of hydrogen-bond acceptors (Lipinski definition) is 5. The van der Waals surface area contributed by atoms with Gasteiger partial charge in [0.2, 0.25) is 11.8 Å². The summed E-state index contributed by atoms with van der Waals surface area (Å²) < 4.78 is 8.16. The number of thiazole rings is 1.